The Hall–Kier alpha value is -2.59. The first-order valence-corrected chi connectivity index (χ1v) is 12.5. The predicted octanol–water partition coefficient (Wildman–Crippen LogP) is 2.39. The minimum Gasteiger partial charge on any atom is -0.497 e. The molecule has 0 radical (unpaired) electrons. The van der Waals surface area contributed by atoms with Crippen LogP contribution in [0.25, 0.3) is 0 Å². The van der Waals surface area contributed by atoms with Gasteiger partial charge in [-0.2, -0.15) is 0 Å². The molecule has 8 nitrogen and oxygen atoms in total. The van der Waals surface area contributed by atoms with Crippen molar-refractivity contribution in [2.75, 3.05) is 13.7 Å². The summed E-state index contributed by atoms with van der Waals surface area (Å²) in [5.41, 5.74) is 1.05. The monoisotopic (exact) mass is 486 g/mol. The molecular formula is C23H22N2O6S2. The van der Waals surface area contributed by atoms with Gasteiger partial charge in [0.25, 0.3) is 0 Å². The van der Waals surface area contributed by atoms with Gasteiger partial charge in [-0.25, -0.2) is 0 Å². The van der Waals surface area contributed by atoms with Crippen molar-refractivity contribution >= 4 is 40.9 Å². The van der Waals surface area contributed by atoms with E-state index in [0.717, 1.165) is 32.5 Å². The van der Waals surface area contributed by atoms with E-state index in [1.807, 2.05) is 24.3 Å². The van der Waals surface area contributed by atoms with Crippen LogP contribution < -0.4 is 9.61 Å². The van der Waals surface area contributed by atoms with Gasteiger partial charge < -0.3 is 14.8 Å². The Morgan fingerprint density at radius 3 is 2.58 bits per heavy atom. The summed E-state index contributed by atoms with van der Waals surface area (Å²) in [6, 6.07) is 7.82. The maximum Gasteiger partial charge on any atom is 0.323 e. The Labute approximate surface area is 197 Å². The minimum absolute atomic E-state index is 0.0441. The smallest absolute Gasteiger partial charge is 0.323 e. The zero-order valence-corrected chi connectivity index (χ0v) is 19.6. The average Bonchev–Trinajstić information content (AvgIpc) is 3.48. The fourth-order valence-electron chi connectivity index (χ4n) is 7.04. The molecule has 33 heavy (non-hydrogen) atoms. The number of aliphatic carboxylic acids is 1. The number of carbonyl (C=O) groups excluding carboxylic acids is 2. The zero-order chi connectivity index (χ0) is 23.2. The number of methoxy groups -OCH3 is 1. The molecule has 3 heterocycles. The molecule has 2 bridgehead atoms. The molecule has 7 unspecified atom stereocenters. The molecule has 7 atom stereocenters. The van der Waals surface area contributed by atoms with Crippen molar-refractivity contribution in [1.29, 1.82) is 0 Å². The van der Waals surface area contributed by atoms with Crippen LogP contribution in [0.15, 0.2) is 34.1 Å². The normalized spacial score (nSPS) is 36.0. The maximum atomic E-state index is 13.2. The number of thiazole rings is 1. The lowest BCUT2D eigenvalue weighted by molar-refractivity contribution is -0.149. The molecule has 2 aromatic rings. The molecule has 6 rings (SSSR count). The first kappa shape index (κ1) is 21.0. The number of ether oxygens (including phenoxy) is 1. The molecule has 2 saturated carbocycles. The number of nitrogens with one attached hydrogen (secondary N) is 1. The Morgan fingerprint density at radius 2 is 1.91 bits per heavy atom. The van der Waals surface area contributed by atoms with Gasteiger partial charge in [0, 0.05) is 15.5 Å². The summed E-state index contributed by atoms with van der Waals surface area (Å²) in [7, 11) is 1.61. The number of likely N-dealkylation sites (tertiary alicyclic amines) is 1. The number of nitrogens with zero attached hydrogens (tertiary/aromatic N) is 1. The second-order valence-corrected chi connectivity index (χ2v) is 12.0. The lowest BCUT2D eigenvalue weighted by Gasteiger charge is -2.50. The molecule has 1 saturated heterocycles. The van der Waals surface area contributed by atoms with Gasteiger partial charge in [-0.15, -0.1) is 11.8 Å². The van der Waals surface area contributed by atoms with Gasteiger partial charge in [0.05, 0.1) is 24.0 Å². The van der Waals surface area contributed by atoms with Gasteiger partial charge in [0.1, 0.15) is 12.3 Å². The van der Waals surface area contributed by atoms with E-state index in [4.69, 9.17) is 4.74 Å². The highest BCUT2D eigenvalue weighted by Crippen LogP contribution is 2.73. The Kier molecular flexibility index (Phi) is 4.42. The Morgan fingerprint density at radius 1 is 1.21 bits per heavy atom. The van der Waals surface area contributed by atoms with Crippen LogP contribution in [0, 0.1) is 29.6 Å². The van der Waals surface area contributed by atoms with Gasteiger partial charge in [-0.3, -0.25) is 24.1 Å². The van der Waals surface area contributed by atoms with Crippen LogP contribution in [0.2, 0.25) is 0 Å². The number of H-pyrrole nitrogens is 1. The van der Waals surface area contributed by atoms with Gasteiger partial charge in [-0.1, -0.05) is 23.5 Å². The van der Waals surface area contributed by atoms with Crippen molar-refractivity contribution in [3.8, 4) is 5.75 Å². The first-order valence-electron chi connectivity index (χ1n) is 10.9. The van der Waals surface area contributed by atoms with Crippen molar-refractivity contribution in [2.24, 2.45) is 29.6 Å². The number of hydrogen-bond acceptors (Lipinski definition) is 7. The second-order valence-electron chi connectivity index (χ2n) is 9.48. The first-order chi connectivity index (χ1) is 15.7. The molecule has 1 aromatic carbocycles. The molecule has 4 aliphatic rings. The lowest BCUT2D eigenvalue weighted by Crippen LogP contribution is -2.50. The standard InChI is InChI=1S/C23H22N2O6S2/c1-23-12-7-11(15-16(12)21(29)25(20(15)28)8-13(26)27)17(23)14(9-3-5-10(31-2)6-4-9)18-19(33-23)24-22(30)32-18/h3-6,11-12,14-17H,7-8H2,1-2H3,(H,24,30)(H,26,27). The number of thioether (sulfide) groups is 1. The number of fused-ring (bicyclic) bond motifs is 9. The molecule has 3 fully saturated rings. The van der Waals surface area contributed by atoms with Crippen LogP contribution in [-0.4, -0.2) is 51.2 Å². The van der Waals surface area contributed by atoms with Gasteiger partial charge in [0.2, 0.25) is 11.8 Å². The minimum atomic E-state index is -1.18. The number of aromatic amines is 1. The third-order valence-corrected chi connectivity index (χ3v) is 10.8. The van der Waals surface area contributed by atoms with E-state index in [0.29, 0.717) is 0 Å². The van der Waals surface area contributed by atoms with Gasteiger partial charge in [0.15, 0.2) is 0 Å². The third kappa shape index (κ3) is 2.70. The Balaban J connectivity index is 1.48. The molecule has 2 N–H and O–H groups in total. The summed E-state index contributed by atoms with van der Waals surface area (Å²) >= 11 is 2.83. The second kappa shape index (κ2) is 6.96. The highest BCUT2D eigenvalue weighted by Gasteiger charge is 2.73. The van der Waals surface area contributed by atoms with Crippen molar-refractivity contribution in [3.63, 3.8) is 0 Å². The van der Waals surface area contributed by atoms with Crippen LogP contribution in [0.5, 0.6) is 5.75 Å². The summed E-state index contributed by atoms with van der Waals surface area (Å²) in [5, 5.41) is 10.1. The Bertz CT molecular complexity index is 1250. The highest BCUT2D eigenvalue weighted by atomic mass is 32.2. The molecule has 2 amide bonds. The predicted molar refractivity (Wildman–Crippen MR) is 120 cm³/mol. The fourth-order valence-corrected chi connectivity index (χ4v) is 9.91. The van der Waals surface area contributed by atoms with E-state index in [2.05, 4.69) is 11.9 Å². The van der Waals surface area contributed by atoms with E-state index >= 15 is 0 Å². The van der Waals surface area contributed by atoms with Crippen molar-refractivity contribution in [2.45, 2.75) is 29.0 Å². The summed E-state index contributed by atoms with van der Waals surface area (Å²) in [6.07, 6.45) is 0.758. The molecule has 1 aromatic heterocycles. The molecule has 172 valence electrons. The number of carboxylic acids is 1. The van der Waals surface area contributed by atoms with E-state index in [1.54, 1.807) is 18.9 Å². The molecule has 0 spiro atoms. The van der Waals surface area contributed by atoms with Gasteiger partial charge >= 0.3 is 10.8 Å². The molecule has 2 aliphatic heterocycles. The number of amides is 2. The number of imide groups is 1. The largest absolute Gasteiger partial charge is 0.497 e. The average molecular weight is 487 g/mol. The van der Waals surface area contributed by atoms with Crippen molar-refractivity contribution < 1.29 is 24.2 Å². The van der Waals surface area contributed by atoms with E-state index < -0.39 is 24.3 Å². The van der Waals surface area contributed by atoms with Crippen LogP contribution in [0.3, 0.4) is 0 Å². The van der Waals surface area contributed by atoms with Crippen molar-refractivity contribution in [1.82, 2.24) is 9.88 Å². The molecular weight excluding hydrogens is 464 g/mol. The number of rotatable bonds is 4. The summed E-state index contributed by atoms with van der Waals surface area (Å²) in [5.74, 6) is -2.28. The van der Waals surface area contributed by atoms with Crippen LogP contribution in [0.4, 0.5) is 0 Å². The van der Waals surface area contributed by atoms with Crippen LogP contribution >= 0.6 is 23.1 Å². The number of hydrogen-bond donors (Lipinski definition) is 2. The van der Waals surface area contributed by atoms with E-state index in [1.165, 1.54) is 11.3 Å². The topological polar surface area (TPSA) is 117 Å². The number of carbonyl (C=O) groups is 3. The quantitative estimate of drug-likeness (QED) is 0.638. The van der Waals surface area contributed by atoms with E-state index in [9.17, 15) is 24.3 Å². The number of benzene rings is 1. The molecule has 2 aliphatic carbocycles. The maximum absolute atomic E-state index is 13.2. The summed E-state index contributed by atoms with van der Waals surface area (Å²) in [4.78, 5) is 54.9. The third-order valence-electron chi connectivity index (χ3n) is 8.14. The summed E-state index contributed by atoms with van der Waals surface area (Å²) in [6.45, 7) is 1.57. The fraction of sp³-hybridized carbons (Fsp3) is 0.478. The highest BCUT2D eigenvalue weighted by molar-refractivity contribution is 8.00. The van der Waals surface area contributed by atoms with Gasteiger partial charge in [-0.05, 0) is 48.8 Å². The van der Waals surface area contributed by atoms with Crippen LogP contribution in [-0.2, 0) is 14.4 Å². The lowest BCUT2D eigenvalue weighted by atomic mass is 9.63. The molecule has 10 heteroatoms. The summed E-state index contributed by atoms with van der Waals surface area (Å²) < 4.78 is 4.96. The SMILES string of the molecule is COc1ccc(C2c3sc(=O)[nH]c3SC3(C)C4CC(C5C(=O)N(CC(=O)O)C(=O)C54)C23)cc1. The van der Waals surface area contributed by atoms with E-state index in [-0.39, 0.29) is 45.1 Å². The van der Waals surface area contributed by atoms with Crippen LogP contribution in [0.1, 0.15) is 29.7 Å². The number of aromatic nitrogens is 1. The zero-order valence-electron chi connectivity index (χ0n) is 17.9. The number of carboxylic acid groups (broad SMARTS) is 1. The van der Waals surface area contributed by atoms with Crippen molar-refractivity contribution in [3.05, 3.63) is 44.4 Å².